The van der Waals surface area contributed by atoms with Gasteiger partial charge in [0.25, 0.3) is 0 Å². The van der Waals surface area contributed by atoms with Crippen LogP contribution < -0.4 is 10.1 Å². The third-order valence-electron chi connectivity index (χ3n) is 3.92. The molecule has 0 amide bonds. The lowest BCUT2D eigenvalue weighted by Crippen LogP contribution is -2.26. The largest absolute Gasteiger partial charge is 0.489 e. The van der Waals surface area contributed by atoms with Crippen molar-refractivity contribution in [2.24, 2.45) is 5.92 Å². The van der Waals surface area contributed by atoms with Crippen molar-refractivity contribution in [1.29, 1.82) is 0 Å². The van der Waals surface area contributed by atoms with Crippen LogP contribution in [0.15, 0.2) is 22.7 Å². The zero-order valence-electron chi connectivity index (χ0n) is 12.8. The number of nitrogens with one attached hydrogen (secondary N) is 1. The molecule has 0 bridgehead atoms. The lowest BCUT2D eigenvalue weighted by molar-refractivity contribution is 0.127. The van der Waals surface area contributed by atoms with Crippen molar-refractivity contribution in [1.82, 2.24) is 5.32 Å². The summed E-state index contributed by atoms with van der Waals surface area (Å²) < 4.78 is 7.40. The summed E-state index contributed by atoms with van der Waals surface area (Å²) in [6, 6.07) is 6.79. The van der Waals surface area contributed by atoms with E-state index in [0.29, 0.717) is 12.1 Å². The van der Waals surface area contributed by atoms with Crippen molar-refractivity contribution >= 4 is 15.9 Å². The van der Waals surface area contributed by atoms with Gasteiger partial charge in [-0.1, -0.05) is 39.3 Å². The maximum atomic E-state index is 6.33. The highest BCUT2D eigenvalue weighted by atomic mass is 79.9. The number of ether oxygens (including phenoxy) is 1. The van der Waals surface area contributed by atoms with Crippen LogP contribution in [0.2, 0.25) is 0 Å². The van der Waals surface area contributed by atoms with Gasteiger partial charge in [-0.05, 0) is 47.2 Å². The van der Waals surface area contributed by atoms with Gasteiger partial charge in [0.1, 0.15) is 5.75 Å². The summed E-state index contributed by atoms with van der Waals surface area (Å²) in [6.07, 6.45) is 5.37. The van der Waals surface area contributed by atoms with Gasteiger partial charge < -0.3 is 10.1 Å². The number of halogens is 1. The molecule has 2 unspecified atom stereocenters. The second-order valence-corrected chi connectivity index (χ2v) is 7.13. The molecular formula is C17H26BrNO. The maximum Gasteiger partial charge on any atom is 0.138 e. The number of hydrogen-bond donors (Lipinski definition) is 1. The quantitative estimate of drug-likeness (QED) is 0.823. The first-order valence-corrected chi connectivity index (χ1v) is 8.53. The van der Waals surface area contributed by atoms with Crippen molar-refractivity contribution in [2.45, 2.75) is 65.1 Å². The van der Waals surface area contributed by atoms with Gasteiger partial charge in [-0.3, -0.25) is 0 Å². The van der Waals surface area contributed by atoms with E-state index in [4.69, 9.17) is 4.74 Å². The van der Waals surface area contributed by atoms with Crippen LogP contribution in [0.5, 0.6) is 5.75 Å². The fourth-order valence-corrected chi connectivity index (χ4v) is 3.29. The minimum absolute atomic E-state index is 0.371. The van der Waals surface area contributed by atoms with Gasteiger partial charge in [0.15, 0.2) is 0 Å². The molecule has 0 aliphatic heterocycles. The van der Waals surface area contributed by atoms with Crippen molar-refractivity contribution in [3.63, 3.8) is 0 Å². The van der Waals surface area contributed by atoms with Crippen LogP contribution in [0.25, 0.3) is 0 Å². The molecule has 0 heterocycles. The average molecular weight is 340 g/mol. The van der Waals surface area contributed by atoms with Crippen molar-refractivity contribution in [3.05, 3.63) is 28.2 Å². The van der Waals surface area contributed by atoms with Crippen LogP contribution in [0.3, 0.4) is 0 Å². The summed E-state index contributed by atoms with van der Waals surface area (Å²) in [4.78, 5) is 0. The number of para-hydroxylation sites is 1. The third-order valence-corrected chi connectivity index (χ3v) is 4.55. The fraction of sp³-hybridized carbons (Fsp3) is 0.647. The normalized spacial score (nSPS) is 23.1. The first-order chi connectivity index (χ1) is 9.56. The average Bonchev–Trinajstić information content (AvgIpc) is 2.39. The monoisotopic (exact) mass is 339 g/mol. The molecular weight excluding hydrogens is 314 g/mol. The Kier molecular flexibility index (Phi) is 5.91. The molecule has 2 nitrogen and oxygen atoms in total. The first-order valence-electron chi connectivity index (χ1n) is 7.73. The molecule has 2 rings (SSSR count). The third kappa shape index (κ3) is 4.49. The number of rotatable bonds is 5. The molecule has 1 saturated carbocycles. The molecule has 0 radical (unpaired) electrons. The van der Waals surface area contributed by atoms with Gasteiger partial charge in [-0.2, -0.15) is 0 Å². The minimum atomic E-state index is 0.371. The van der Waals surface area contributed by atoms with E-state index in [-0.39, 0.29) is 0 Å². The van der Waals surface area contributed by atoms with Crippen LogP contribution in [-0.2, 0) is 6.54 Å². The molecule has 1 N–H and O–H groups in total. The second kappa shape index (κ2) is 7.46. The molecule has 3 heteroatoms. The minimum Gasteiger partial charge on any atom is -0.489 e. The Labute approximate surface area is 131 Å². The summed E-state index contributed by atoms with van der Waals surface area (Å²) in [6.45, 7) is 7.52. The van der Waals surface area contributed by atoms with E-state index in [1.165, 1.54) is 31.2 Å². The number of hydrogen-bond acceptors (Lipinski definition) is 2. The first kappa shape index (κ1) is 15.8. The molecule has 1 fully saturated rings. The fourth-order valence-electron chi connectivity index (χ4n) is 2.79. The lowest BCUT2D eigenvalue weighted by Gasteiger charge is -2.28. The SMILES string of the molecule is CC1CCCC(Oc2c(Br)cccc2CNC(C)C)C1. The molecule has 1 aromatic carbocycles. The van der Waals surface area contributed by atoms with Gasteiger partial charge in [-0.15, -0.1) is 0 Å². The molecule has 1 aliphatic carbocycles. The van der Waals surface area contributed by atoms with Gasteiger partial charge in [0.05, 0.1) is 10.6 Å². The van der Waals surface area contributed by atoms with Crippen LogP contribution in [0, 0.1) is 5.92 Å². The van der Waals surface area contributed by atoms with E-state index in [1.54, 1.807) is 0 Å². The molecule has 20 heavy (non-hydrogen) atoms. The summed E-state index contributed by atoms with van der Waals surface area (Å²) >= 11 is 3.64. The standard InChI is InChI=1S/C17H26BrNO/c1-12(2)19-11-14-7-5-9-16(18)17(14)20-15-8-4-6-13(3)10-15/h5,7,9,12-13,15,19H,4,6,8,10-11H2,1-3H3. The molecule has 0 spiro atoms. The van der Waals surface area contributed by atoms with E-state index in [0.717, 1.165) is 22.7 Å². The molecule has 0 saturated heterocycles. The highest BCUT2D eigenvalue weighted by Gasteiger charge is 2.22. The van der Waals surface area contributed by atoms with Crippen LogP contribution in [0.1, 0.15) is 52.0 Å². The van der Waals surface area contributed by atoms with E-state index in [2.05, 4.69) is 60.2 Å². The summed E-state index contributed by atoms with van der Waals surface area (Å²) in [5.41, 5.74) is 1.24. The Morgan fingerprint density at radius 2 is 2.15 bits per heavy atom. The smallest absolute Gasteiger partial charge is 0.138 e. The Morgan fingerprint density at radius 1 is 1.35 bits per heavy atom. The molecule has 0 aromatic heterocycles. The van der Waals surface area contributed by atoms with E-state index in [9.17, 15) is 0 Å². The zero-order chi connectivity index (χ0) is 14.5. The van der Waals surface area contributed by atoms with Crippen molar-refractivity contribution < 1.29 is 4.74 Å². The van der Waals surface area contributed by atoms with E-state index >= 15 is 0 Å². The van der Waals surface area contributed by atoms with Crippen LogP contribution >= 0.6 is 15.9 Å². The van der Waals surface area contributed by atoms with Gasteiger partial charge in [0.2, 0.25) is 0 Å². The molecule has 112 valence electrons. The summed E-state index contributed by atoms with van der Waals surface area (Å²) in [5, 5.41) is 3.47. The van der Waals surface area contributed by atoms with E-state index < -0.39 is 0 Å². The predicted molar refractivity (Wildman–Crippen MR) is 88.2 cm³/mol. The number of benzene rings is 1. The van der Waals surface area contributed by atoms with E-state index in [1.807, 2.05) is 0 Å². The van der Waals surface area contributed by atoms with Gasteiger partial charge >= 0.3 is 0 Å². The highest BCUT2D eigenvalue weighted by molar-refractivity contribution is 9.10. The summed E-state index contributed by atoms with van der Waals surface area (Å²) in [5.74, 6) is 1.81. The van der Waals surface area contributed by atoms with Gasteiger partial charge in [-0.25, -0.2) is 0 Å². The molecule has 1 aliphatic rings. The Hall–Kier alpha value is -0.540. The van der Waals surface area contributed by atoms with Crippen LogP contribution in [0.4, 0.5) is 0 Å². The van der Waals surface area contributed by atoms with Gasteiger partial charge in [0, 0.05) is 18.2 Å². The Morgan fingerprint density at radius 3 is 2.85 bits per heavy atom. The van der Waals surface area contributed by atoms with Crippen molar-refractivity contribution in [2.75, 3.05) is 0 Å². The highest BCUT2D eigenvalue weighted by Crippen LogP contribution is 2.34. The van der Waals surface area contributed by atoms with Crippen LogP contribution in [-0.4, -0.2) is 12.1 Å². The second-order valence-electron chi connectivity index (χ2n) is 6.28. The molecule has 2 atom stereocenters. The summed E-state index contributed by atoms with van der Waals surface area (Å²) in [7, 11) is 0. The molecule has 1 aromatic rings. The predicted octanol–water partition coefficient (Wildman–Crippen LogP) is 4.90. The zero-order valence-corrected chi connectivity index (χ0v) is 14.4. The van der Waals surface area contributed by atoms with Crippen molar-refractivity contribution in [3.8, 4) is 5.75 Å². The topological polar surface area (TPSA) is 21.3 Å². The maximum absolute atomic E-state index is 6.33. The lowest BCUT2D eigenvalue weighted by atomic mass is 9.88. The Balaban J connectivity index is 2.08. The Bertz CT molecular complexity index is 433.